The number of nitrogens with zero attached hydrogens (tertiary/aromatic N) is 3. The molecule has 1 fully saturated rings. The predicted octanol–water partition coefficient (Wildman–Crippen LogP) is 3.29. The molecule has 0 bridgehead atoms. The maximum Gasteiger partial charge on any atom is 0.224 e. The molecular weight excluding hydrogens is 241 g/mol. The monoisotopic (exact) mass is 257 g/mol. The van der Waals surface area contributed by atoms with Gasteiger partial charge in [-0.3, -0.25) is 0 Å². The summed E-state index contributed by atoms with van der Waals surface area (Å²) < 4.78 is 13.6. The second kappa shape index (κ2) is 5.63. The summed E-state index contributed by atoms with van der Waals surface area (Å²) in [6.07, 6.45) is 5.73. The smallest absolute Gasteiger partial charge is 0.224 e. The van der Waals surface area contributed by atoms with E-state index in [1.54, 1.807) is 0 Å². The summed E-state index contributed by atoms with van der Waals surface area (Å²) in [6, 6.07) is 0. The molecule has 0 aromatic carbocycles. The average molecular weight is 258 g/mol. The van der Waals surface area contributed by atoms with Crippen molar-refractivity contribution in [3.05, 3.63) is 17.3 Å². The Hall–Kier alpha value is -0.900. The van der Waals surface area contributed by atoms with Crippen LogP contribution in [0.15, 0.2) is 6.20 Å². The van der Waals surface area contributed by atoms with E-state index in [1.165, 1.54) is 12.8 Å². The molecule has 0 saturated carbocycles. The van der Waals surface area contributed by atoms with Crippen LogP contribution in [0.1, 0.15) is 32.6 Å². The van der Waals surface area contributed by atoms with Crippen molar-refractivity contribution in [2.24, 2.45) is 5.92 Å². The van der Waals surface area contributed by atoms with Gasteiger partial charge in [-0.15, -0.1) is 0 Å². The van der Waals surface area contributed by atoms with Gasteiger partial charge in [-0.25, -0.2) is 9.37 Å². The molecule has 5 heteroatoms. The van der Waals surface area contributed by atoms with E-state index < -0.39 is 0 Å². The van der Waals surface area contributed by atoms with Crippen LogP contribution in [0.25, 0.3) is 0 Å². The van der Waals surface area contributed by atoms with Crippen molar-refractivity contribution in [3.63, 3.8) is 0 Å². The molecular formula is C12H17ClFN3. The van der Waals surface area contributed by atoms with E-state index in [9.17, 15) is 4.39 Å². The highest BCUT2D eigenvalue weighted by atomic mass is 35.5. The van der Waals surface area contributed by atoms with E-state index in [-0.39, 0.29) is 11.1 Å². The lowest BCUT2D eigenvalue weighted by Crippen LogP contribution is -2.26. The van der Waals surface area contributed by atoms with Crippen molar-refractivity contribution in [2.75, 3.05) is 18.0 Å². The van der Waals surface area contributed by atoms with Crippen LogP contribution in [-0.2, 0) is 0 Å². The highest BCUT2D eigenvalue weighted by Gasteiger charge is 2.19. The predicted molar refractivity (Wildman–Crippen MR) is 66.8 cm³/mol. The van der Waals surface area contributed by atoms with Crippen molar-refractivity contribution in [3.8, 4) is 0 Å². The highest BCUT2D eigenvalue weighted by molar-refractivity contribution is 6.28. The van der Waals surface area contributed by atoms with Gasteiger partial charge in [0.15, 0.2) is 11.6 Å². The summed E-state index contributed by atoms with van der Waals surface area (Å²) in [6.45, 7) is 3.91. The standard InChI is InChI=1S/C12H17ClFN3/c1-2-9-4-3-6-17(7-5-9)11-10(14)8-15-12(13)16-11/h8-9H,2-7H2,1H3. The van der Waals surface area contributed by atoms with Crippen LogP contribution in [0.3, 0.4) is 0 Å². The lowest BCUT2D eigenvalue weighted by molar-refractivity contribution is 0.459. The number of halogens is 2. The van der Waals surface area contributed by atoms with Gasteiger partial charge in [0.2, 0.25) is 5.28 Å². The molecule has 3 nitrogen and oxygen atoms in total. The van der Waals surface area contributed by atoms with Gasteiger partial charge < -0.3 is 4.90 Å². The van der Waals surface area contributed by atoms with Gasteiger partial charge in [0, 0.05) is 13.1 Å². The highest BCUT2D eigenvalue weighted by Crippen LogP contribution is 2.25. The fourth-order valence-corrected chi connectivity index (χ4v) is 2.47. The molecule has 17 heavy (non-hydrogen) atoms. The molecule has 1 saturated heterocycles. The van der Waals surface area contributed by atoms with Gasteiger partial charge in [0.25, 0.3) is 0 Å². The topological polar surface area (TPSA) is 29.0 Å². The van der Waals surface area contributed by atoms with Crippen molar-refractivity contribution in [1.82, 2.24) is 9.97 Å². The molecule has 1 aliphatic rings. The normalized spacial score (nSPS) is 21.4. The summed E-state index contributed by atoms with van der Waals surface area (Å²) in [4.78, 5) is 9.62. The minimum Gasteiger partial charge on any atom is -0.354 e. The SMILES string of the molecule is CCC1CCCN(c2nc(Cl)ncc2F)CC1. The summed E-state index contributed by atoms with van der Waals surface area (Å²) >= 11 is 5.72. The van der Waals surface area contributed by atoms with Crippen LogP contribution < -0.4 is 4.90 Å². The first-order valence-corrected chi connectivity index (χ1v) is 6.51. The minimum absolute atomic E-state index is 0.109. The van der Waals surface area contributed by atoms with Gasteiger partial charge in [0.1, 0.15) is 0 Å². The van der Waals surface area contributed by atoms with Crippen LogP contribution >= 0.6 is 11.6 Å². The lowest BCUT2D eigenvalue weighted by atomic mass is 9.98. The van der Waals surface area contributed by atoms with Gasteiger partial charge in [0.05, 0.1) is 6.20 Å². The van der Waals surface area contributed by atoms with Gasteiger partial charge in [-0.2, -0.15) is 4.98 Å². The van der Waals surface area contributed by atoms with Crippen LogP contribution in [-0.4, -0.2) is 23.1 Å². The molecule has 1 unspecified atom stereocenters. The van der Waals surface area contributed by atoms with E-state index >= 15 is 0 Å². The Kier molecular flexibility index (Phi) is 4.15. The summed E-state index contributed by atoms with van der Waals surface area (Å²) in [5.74, 6) is 0.714. The molecule has 1 aromatic rings. The quantitative estimate of drug-likeness (QED) is 0.762. The van der Waals surface area contributed by atoms with E-state index in [2.05, 4.69) is 16.9 Å². The molecule has 1 atom stereocenters. The van der Waals surface area contributed by atoms with Crippen LogP contribution in [0.2, 0.25) is 5.28 Å². The molecule has 0 N–H and O–H groups in total. The van der Waals surface area contributed by atoms with E-state index in [0.717, 1.165) is 38.0 Å². The summed E-state index contributed by atoms with van der Waals surface area (Å²) in [7, 11) is 0. The van der Waals surface area contributed by atoms with E-state index in [4.69, 9.17) is 11.6 Å². The number of aromatic nitrogens is 2. The summed E-state index contributed by atoms with van der Waals surface area (Å²) in [5.41, 5.74) is 0. The van der Waals surface area contributed by atoms with Crippen LogP contribution in [0.4, 0.5) is 10.2 Å². The fraction of sp³-hybridized carbons (Fsp3) is 0.667. The molecule has 0 radical (unpaired) electrons. The maximum atomic E-state index is 13.6. The first-order chi connectivity index (χ1) is 8.20. The third-order valence-corrected chi connectivity index (χ3v) is 3.60. The molecule has 0 amide bonds. The van der Waals surface area contributed by atoms with Crippen molar-refractivity contribution >= 4 is 17.4 Å². The second-order valence-corrected chi connectivity index (χ2v) is 4.84. The minimum atomic E-state index is -0.385. The number of anilines is 1. The van der Waals surface area contributed by atoms with Crippen molar-refractivity contribution < 1.29 is 4.39 Å². The second-order valence-electron chi connectivity index (χ2n) is 4.50. The zero-order valence-corrected chi connectivity index (χ0v) is 10.8. The van der Waals surface area contributed by atoms with E-state index in [1.807, 2.05) is 4.90 Å². The van der Waals surface area contributed by atoms with Crippen LogP contribution in [0.5, 0.6) is 0 Å². The molecule has 2 rings (SSSR count). The largest absolute Gasteiger partial charge is 0.354 e. The molecule has 1 aliphatic heterocycles. The third-order valence-electron chi connectivity index (χ3n) is 3.42. The Morgan fingerprint density at radius 1 is 1.47 bits per heavy atom. The van der Waals surface area contributed by atoms with Crippen molar-refractivity contribution in [2.45, 2.75) is 32.6 Å². The third kappa shape index (κ3) is 3.06. The van der Waals surface area contributed by atoms with Gasteiger partial charge >= 0.3 is 0 Å². The Morgan fingerprint density at radius 3 is 3.06 bits per heavy atom. The first-order valence-electron chi connectivity index (χ1n) is 6.13. The van der Waals surface area contributed by atoms with Crippen LogP contribution in [0, 0.1) is 11.7 Å². The molecule has 2 heterocycles. The maximum absolute atomic E-state index is 13.6. The number of hydrogen-bond acceptors (Lipinski definition) is 3. The molecule has 1 aromatic heterocycles. The molecule has 0 aliphatic carbocycles. The zero-order valence-electron chi connectivity index (χ0n) is 9.99. The Balaban J connectivity index is 2.13. The Morgan fingerprint density at radius 2 is 2.29 bits per heavy atom. The first kappa shape index (κ1) is 12.6. The molecule has 0 spiro atoms. The summed E-state index contributed by atoms with van der Waals surface area (Å²) in [5, 5.41) is 0.109. The van der Waals surface area contributed by atoms with Gasteiger partial charge in [-0.05, 0) is 36.8 Å². The van der Waals surface area contributed by atoms with Crippen molar-refractivity contribution in [1.29, 1.82) is 0 Å². The lowest BCUT2D eigenvalue weighted by Gasteiger charge is -2.21. The molecule has 94 valence electrons. The van der Waals surface area contributed by atoms with Gasteiger partial charge in [-0.1, -0.05) is 13.3 Å². The number of rotatable bonds is 2. The zero-order chi connectivity index (χ0) is 12.3. The average Bonchev–Trinajstić information content (AvgIpc) is 2.57. The Bertz CT molecular complexity index is 386. The van der Waals surface area contributed by atoms with E-state index in [0.29, 0.717) is 5.82 Å². The fourth-order valence-electron chi connectivity index (χ4n) is 2.34. The number of hydrogen-bond donors (Lipinski definition) is 0. The Labute approximate surface area is 106 Å².